The van der Waals surface area contributed by atoms with Crippen LogP contribution in [0.3, 0.4) is 0 Å². The molecule has 2 rings (SSSR count). The molecule has 0 bridgehead atoms. The number of carbonyl (C=O) groups excluding carboxylic acids is 1. The zero-order valence-electron chi connectivity index (χ0n) is 11.2. The van der Waals surface area contributed by atoms with Crippen LogP contribution in [0.2, 0.25) is 0 Å². The predicted molar refractivity (Wildman–Crippen MR) is 76.3 cm³/mol. The molecule has 0 aromatic heterocycles. The number of anilines is 2. The maximum absolute atomic E-state index is 11.7. The van der Waals surface area contributed by atoms with Gasteiger partial charge in [-0.2, -0.15) is 0 Å². The quantitative estimate of drug-likeness (QED) is 0.568. The Hall–Kier alpha value is -1.75. The number of nitrogens with one attached hydrogen (secondary N) is 2. The summed E-state index contributed by atoms with van der Waals surface area (Å²) in [6, 6.07) is 5.62. The zero-order valence-corrected chi connectivity index (χ0v) is 11.2. The normalized spacial score (nSPS) is 16.1. The molecule has 0 saturated carbocycles. The molecule has 1 saturated heterocycles. The highest BCUT2D eigenvalue weighted by atomic mass is 16.5. The number of piperidine rings is 1. The molecular weight excluding hydrogens is 242 g/mol. The Bertz CT molecular complexity index is 442. The Morgan fingerprint density at radius 1 is 1.47 bits per heavy atom. The van der Waals surface area contributed by atoms with Gasteiger partial charge >= 0.3 is 5.97 Å². The molecule has 104 valence electrons. The van der Waals surface area contributed by atoms with Crippen molar-refractivity contribution in [2.75, 3.05) is 30.7 Å². The monoisotopic (exact) mass is 263 g/mol. The molecular formula is C14H21N3O2. The lowest BCUT2D eigenvalue weighted by Crippen LogP contribution is -2.35. The van der Waals surface area contributed by atoms with E-state index < -0.39 is 0 Å². The summed E-state index contributed by atoms with van der Waals surface area (Å²) in [6.07, 6.45) is 2.12. The van der Waals surface area contributed by atoms with E-state index in [1.807, 2.05) is 0 Å². The van der Waals surface area contributed by atoms with Crippen molar-refractivity contribution in [3.63, 3.8) is 0 Å². The molecule has 5 nitrogen and oxygen atoms in total. The third kappa shape index (κ3) is 3.61. The van der Waals surface area contributed by atoms with Crippen LogP contribution in [-0.4, -0.2) is 31.7 Å². The maximum Gasteiger partial charge on any atom is 0.338 e. The van der Waals surface area contributed by atoms with Gasteiger partial charge in [0.2, 0.25) is 0 Å². The van der Waals surface area contributed by atoms with Crippen molar-refractivity contribution < 1.29 is 9.53 Å². The highest BCUT2D eigenvalue weighted by molar-refractivity contribution is 5.92. The van der Waals surface area contributed by atoms with Gasteiger partial charge in [0.15, 0.2) is 0 Å². The van der Waals surface area contributed by atoms with E-state index in [1.165, 1.54) is 0 Å². The molecule has 5 heteroatoms. The summed E-state index contributed by atoms with van der Waals surface area (Å²) in [5.41, 5.74) is 7.96. The summed E-state index contributed by atoms with van der Waals surface area (Å²) in [7, 11) is 0. The summed E-state index contributed by atoms with van der Waals surface area (Å²) in [4.78, 5) is 11.7. The summed E-state index contributed by atoms with van der Waals surface area (Å²) in [5.74, 6) is -0.309. The molecule has 4 N–H and O–H groups in total. The van der Waals surface area contributed by atoms with E-state index in [4.69, 9.17) is 10.5 Å². The van der Waals surface area contributed by atoms with Gasteiger partial charge in [0, 0.05) is 6.04 Å². The van der Waals surface area contributed by atoms with Crippen molar-refractivity contribution >= 4 is 17.3 Å². The van der Waals surface area contributed by atoms with Crippen LogP contribution in [0, 0.1) is 0 Å². The lowest BCUT2D eigenvalue weighted by Gasteiger charge is -2.25. The highest BCUT2D eigenvalue weighted by Crippen LogP contribution is 2.23. The van der Waals surface area contributed by atoms with Crippen LogP contribution in [0.1, 0.15) is 30.1 Å². The molecule has 19 heavy (non-hydrogen) atoms. The molecule has 0 unspecified atom stereocenters. The minimum Gasteiger partial charge on any atom is -0.462 e. The Morgan fingerprint density at radius 2 is 2.21 bits per heavy atom. The lowest BCUT2D eigenvalue weighted by molar-refractivity contribution is 0.0526. The Kier molecular flexibility index (Phi) is 4.63. The Labute approximate surface area is 113 Å². The number of benzene rings is 1. The number of ether oxygens (including phenoxy) is 1. The van der Waals surface area contributed by atoms with E-state index >= 15 is 0 Å². The van der Waals surface area contributed by atoms with E-state index in [2.05, 4.69) is 10.6 Å². The average Bonchev–Trinajstić information content (AvgIpc) is 2.42. The van der Waals surface area contributed by atoms with Crippen molar-refractivity contribution in [3.8, 4) is 0 Å². The number of rotatable bonds is 4. The van der Waals surface area contributed by atoms with Gasteiger partial charge < -0.3 is 21.1 Å². The van der Waals surface area contributed by atoms with Gasteiger partial charge in [-0.1, -0.05) is 0 Å². The molecule has 0 radical (unpaired) electrons. The van der Waals surface area contributed by atoms with Crippen molar-refractivity contribution in [1.82, 2.24) is 5.32 Å². The van der Waals surface area contributed by atoms with Gasteiger partial charge in [-0.15, -0.1) is 0 Å². The van der Waals surface area contributed by atoms with Crippen LogP contribution in [0.4, 0.5) is 11.4 Å². The second-order valence-electron chi connectivity index (χ2n) is 4.69. The fourth-order valence-corrected chi connectivity index (χ4v) is 2.21. The van der Waals surface area contributed by atoms with Crippen LogP contribution in [-0.2, 0) is 4.74 Å². The topological polar surface area (TPSA) is 76.4 Å². The second-order valence-corrected chi connectivity index (χ2v) is 4.69. The summed E-state index contributed by atoms with van der Waals surface area (Å²) >= 11 is 0. The third-order valence-corrected chi connectivity index (χ3v) is 3.26. The Balaban J connectivity index is 2.10. The first-order chi connectivity index (χ1) is 9.20. The fourth-order valence-electron chi connectivity index (χ4n) is 2.21. The van der Waals surface area contributed by atoms with E-state index in [1.54, 1.807) is 25.1 Å². The molecule has 0 amide bonds. The van der Waals surface area contributed by atoms with Gasteiger partial charge in [-0.25, -0.2) is 4.79 Å². The SMILES string of the molecule is CCOC(=O)c1ccc(N)c(NC2CCNCC2)c1. The van der Waals surface area contributed by atoms with Crippen molar-refractivity contribution in [1.29, 1.82) is 0 Å². The maximum atomic E-state index is 11.7. The number of esters is 1. The van der Waals surface area contributed by atoms with Crippen LogP contribution >= 0.6 is 0 Å². The molecule has 1 heterocycles. The van der Waals surface area contributed by atoms with Crippen molar-refractivity contribution in [2.45, 2.75) is 25.8 Å². The largest absolute Gasteiger partial charge is 0.462 e. The minimum atomic E-state index is -0.309. The molecule has 1 aromatic carbocycles. The number of hydrogen-bond acceptors (Lipinski definition) is 5. The molecule has 1 aromatic rings. The zero-order chi connectivity index (χ0) is 13.7. The third-order valence-electron chi connectivity index (χ3n) is 3.26. The van der Waals surface area contributed by atoms with Gasteiger partial charge in [-0.3, -0.25) is 0 Å². The molecule has 1 fully saturated rings. The van der Waals surface area contributed by atoms with Crippen molar-refractivity contribution in [2.24, 2.45) is 0 Å². The van der Waals surface area contributed by atoms with E-state index in [0.29, 0.717) is 23.9 Å². The van der Waals surface area contributed by atoms with Crippen LogP contribution in [0.5, 0.6) is 0 Å². The van der Waals surface area contributed by atoms with Gasteiger partial charge in [-0.05, 0) is 51.1 Å². The van der Waals surface area contributed by atoms with Crippen LogP contribution in [0.25, 0.3) is 0 Å². The molecule has 0 atom stereocenters. The highest BCUT2D eigenvalue weighted by Gasteiger charge is 2.15. The summed E-state index contributed by atoms with van der Waals surface area (Å²) in [6.45, 7) is 4.19. The van der Waals surface area contributed by atoms with Crippen LogP contribution < -0.4 is 16.4 Å². The first-order valence-electron chi connectivity index (χ1n) is 6.74. The summed E-state index contributed by atoms with van der Waals surface area (Å²) in [5, 5.41) is 6.73. The van der Waals surface area contributed by atoms with E-state index in [9.17, 15) is 4.79 Å². The van der Waals surface area contributed by atoms with Crippen LogP contribution in [0.15, 0.2) is 18.2 Å². The Morgan fingerprint density at radius 3 is 2.89 bits per heavy atom. The first-order valence-corrected chi connectivity index (χ1v) is 6.74. The fraction of sp³-hybridized carbons (Fsp3) is 0.500. The van der Waals surface area contributed by atoms with E-state index in [-0.39, 0.29) is 5.97 Å². The van der Waals surface area contributed by atoms with Gasteiger partial charge in [0.1, 0.15) is 0 Å². The number of carbonyl (C=O) groups is 1. The smallest absolute Gasteiger partial charge is 0.338 e. The number of nitrogens with two attached hydrogens (primary N) is 1. The minimum absolute atomic E-state index is 0.309. The van der Waals surface area contributed by atoms with Crippen molar-refractivity contribution in [3.05, 3.63) is 23.8 Å². The molecule has 1 aliphatic rings. The molecule has 0 spiro atoms. The number of nitrogen functional groups attached to an aromatic ring is 1. The number of hydrogen-bond donors (Lipinski definition) is 3. The average molecular weight is 263 g/mol. The van der Waals surface area contributed by atoms with Gasteiger partial charge in [0.05, 0.1) is 23.5 Å². The molecule has 1 aliphatic heterocycles. The second kappa shape index (κ2) is 6.43. The first kappa shape index (κ1) is 13.7. The van der Waals surface area contributed by atoms with E-state index in [0.717, 1.165) is 31.6 Å². The van der Waals surface area contributed by atoms with Gasteiger partial charge in [0.25, 0.3) is 0 Å². The lowest BCUT2D eigenvalue weighted by atomic mass is 10.1. The standard InChI is InChI=1S/C14H21N3O2/c1-2-19-14(18)10-3-4-12(15)13(9-10)17-11-5-7-16-8-6-11/h3-4,9,11,16-17H,2,5-8,15H2,1H3. The summed E-state index contributed by atoms with van der Waals surface area (Å²) < 4.78 is 5.00. The predicted octanol–water partition coefficient (Wildman–Crippen LogP) is 1.61. The molecule has 0 aliphatic carbocycles.